The molecule has 0 aliphatic rings. The molecule has 1 aromatic rings. The van der Waals surface area contributed by atoms with Crippen molar-refractivity contribution < 1.29 is 9.47 Å². The van der Waals surface area contributed by atoms with Gasteiger partial charge in [-0.05, 0) is 31.9 Å². The highest BCUT2D eigenvalue weighted by molar-refractivity contribution is 5.40. The molecule has 3 nitrogen and oxygen atoms in total. The maximum atomic E-state index is 5.97. The lowest BCUT2D eigenvalue weighted by molar-refractivity contribution is 0.214. The third-order valence-corrected chi connectivity index (χ3v) is 3.05. The summed E-state index contributed by atoms with van der Waals surface area (Å²) in [5, 5.41) is 3.45. The monoisotopic (exact) mass is 265 g/mol. The molecule has 1 unspecified atom stereocenters. The molecular weight excluding hydrogens is 238 g/mol. The van der Waals surface area contributed by atoms with E-state index in [1.165, 1.54) is 5.56 Å². The van der Waals surface area contributed by atoms with Gasteiger partial charge < -0.3 is 14.8 Å². The first-order valence-electron chi connectivity index (χ1n) is 7.11. The molecule has 0 amide bonds. The normalized spacial score (nSPS) is 12.5. The fourth-order valence-electron chi connectivity index (χ4n) is 1.71. The van der Waals surface area contributed by atoms with Gasteiger partial charge in [0, 0.05) is 18.2 Å². The van der Waals surface area contributed by atoms with Gasteiger partial charge in [-0.1, -0.05) is 26.8 Å². The van der Waals surface area contributed by atoms with Crippen molar-refractivity contribution in [3.8, 4) is 11.5 Å². The van der Waals surface area contributed by atoms with Crippen LogP contribution in [0, 0.1) is 5.92 Å². The van der Waals surface area contributed by atoms with Crippen molar-refractivity contribution in [3.05, 3.63) is 23.8 Å². The Morgan fingerprint density at radius 2 is 1.95 bits per heavy atom. The number of hydrogen-bond donors (Lipinski definition) is 1. The largest absolute Gasteiger partial charge is 0.497 e. The standard InChI is InChI=1S/C16H27NO2/c1-6-13(4)19-16-9-15(18-5)8-7-14(16)11-17-10-12(2)3/h7-9,12-13,17H,6,10-11H2,1-5H3. The van der Waals surface area contributed by atoms with E-state index in [0.29, 0.717) is 5.92 Å². The second-order valence-corrected chi connectivity index (χ2v) is 5.34. The van der Waals surface area contributed by atoms with E-state index in [-0.39, 0.29) is 6.10 Å². The molecule has 1 N–H and O–H groups in total. The van der Waals surface area contributed by atoms with Crippen LogP contribution in [0.4, 0.5) is 0 Å². The lowest BCUT2D eigenvalue weighted by Crippen LogP contribution is -2.20. The molecular formula is C16H27NO2. The van der Waals surface area contributed by atoms with Crippen molar-refractivity contribution in [3.63, 3.8) is 0 Å². The molecule has 1 rings (SSSR count). The number of methoxy groups -OCH3 is 1. The molecule has 0 bridgehead atoms. The fraction of sp³-hybridized carbons (Fsp3) is 0.625. The summed E-state index contributed by atoms with van der Waals surface area (Å²) in [6.45, 7) is 10.5. The quantitative estimate of drug-likeness (QED) is 0.778. The van der Waals surface area contributed by atoms with Crippen LogP contribution in [-0.4, -0.2) is 19.8 Å². The summed E-state index contributed by atoms with van der Waals surface area (Å²) in [5.74, 6) is 2.41. The molecule has 0 aromatic heterocycles. The molecule has 19 heavy (non-hydrogen) atoms. The van der Waals surface area contributed by atoms with Crippen molar-refractivity contribution in [2.75, 3.05) is 13.7 Å². The predicted molar refractivity (Wildman–Crippen MR) is 79.9 cm³/mol. The van der Waals surface area contributed by atoms with Crippen molar-refractivity contribution in [2.24, 2.45) is 5.92 Å². The Kier molecular flexibility index (Phi) is 6.71. The highest BCUT2D eigenvalue weighted by atomic mass is 16.5. The van der Waals surface area contributed by atoms with Gasteiger partial charge in [0.1, 0.15) is 11.5 Å². The Balaban J connectivity index is 2.76. The van der Waals surface area contributed by atoms with Crippen LogP contribution >= 0.6 is 0 Å². The number of benzene rings is 1. The zero-order valence-electron chi connectivity index (χ0n) is 12.8. The van der Waals surface area contributed by atoms with E-state index in [2.05, 4.69) is 39.1 Å². The predicted octanol–water partition coefficient (Wildman–Crippen LogP) is 3.62. The van der Waals surface area contributed by atoms with Crippen molar-refractivity contribution in [2.45, 2.75) is 46.8 Å². The van der Waals surface area contributed by atoms with Crippen LogP contribution in [0.15, 0.2) is 18.2 Å². The van der Waals surface area contributed by atoms with Crippen LogP contribution in [0.3, 0.4) is 0 Å². The minimum atomic E-state index is 0.218. The zero-order chi connectivity index (χ0) is 14.3. The molecule has 0 aliphatic carbocycles. The number of hydrogen-bond acceptors (Lipinski definition) is 3. The molecule has 0 radical (unpaired) electrons. The summed E-state index contributed by atoms with van der Waals surface area (Å²) in [6.07, 6.45) is 1.21. The van der Waals surface area contributed by atoms with Crippen LogP contribution in [0.5, 0.6) is 11.5 Å². The average molecular weight is 265 g/mol. The van der Waals surface area contributed by atoms with Crippen LogP contribution in [0.2, 0.25) is 0 Å². The molecule has 3 heteroatoms. The third kappa shape index (κ3) is 5.52. The SMILES string of the molecule is CCC(C)Oc1cc(OC)ccc1CNCC(C)C. The first kappa shape index (κ1) is 15.8. The van der Waals surface area contributed by atoms with E-state index in [0.717, 1.165) is 31.0 Å². The summed E-state index contributed by atoms with van der Waals surface area (Å²) in [4.78, 5) is 0. The second kappa shape index (κ2) is 8.05. The molecule has 0 heterocycles. The average Bonchev–Trinajstić information content (AvgIpc) is 2.39. The minimum absolute atomic E-state index is 0.218. The lowest BCUT2D eigenvalue weighted by atomic mass is 10.1. The molecule has 0 saturated carbocycles. The number of rotatable bonds is 8. The van der Waals surface area contributed by atoms with E-state index in [1.807, 2.05) is 12.1 Å². The summed E-state index contributed by atoms with van der Waals surface area (Å²) < 4.78 is 11.2. The van der Waals surface area contributed by atoms with Gasteiger partial charge in [0.05, 0.1) is 13.2 Å². The van der Waals surface area contributed by atoms with Gasteiger partial charge in [0.25, 0.3) is 0 Å². The van der Waals surface area contributed by atoms with E-state index in [1.54, 1.807) is 7.11 Å². The molecule has 0 aliphatic heterocycles. The Bertz CT molecular complexity index is 377. The van der Waals surface area contributed by atoms with E-state index in [9.17, 15) is 0 Å². The van der Waals surface area contributed by atoms with Crippen LogP contribution < -0.4 is 14.8 Å². The summed E-state index contributed by atoms with van der Waals surface area (Å²) >= 11 is 0. The number of nitrogens with one attached hydrogen (secondary N) is 1. The maximum Gasteiger partial charge on any atom is 0.127 e. The highest BCUT2D eigenvalue weighted by Crippen LogP contribution is 2.26. The van der Waals surface area contributed by atoms with E-state index < -0.39 is 0 Å². The van der Waals surface area contributed by atoms with Gasteiger partial charge >= 0.3 is 0 Å². The van der Waals surface area contributed by atoms with Crippen molar-refractivity contribution >= 4 is 0 Å². The molecule has 0 fully saturated rings. The second-order valence-electron chi connectivity index (χ2n) is 5.34. The summed E-state index contributed by atoms with van der Waals surface area (Å²) in [5.41, 5.74) is 1.18. The Labute approximate surface area is 117 Å². The van der Waals surface area contributed by atoms with E-state index in [4.69, 9.17) is 9.47 Å². The molecule has 1 atom stereocenters. The Morgan fingerprint density at radius 3 is 2.53 bits per heavy atom. The maximum absolute atomic E-state index is 5.97. The first-order valence-corrected chi connectivity index (χ1v) is 7.11. The van der Waals surface area contributed by atoms with Gasteiger partial charge in [-0.15, -0.1) is 0 Å². The summed E-state index contributed by atoms with van der Waals surface area (Å²) in [7, 11) is 1.68. The molecule has 0 spiro atoms. The van der Waals surface area contributed by atoms with E-state index >= 15 is 0 Å². The fourth-order valence-corrected chi connectivity index (χ4v) is 1.71. The first-order chi connectivity index (χ1) is 9.06. The van der Waals surface area contributed by atoms with Crippen molar-refractivity contribution in [1.82, 2.24) is 5.32 Å². The van der Waals surface area contributed by atoms with Crippen LogP contribution in [0.25, 0.3) is 0 Å². The van der Waals surface area contributed by atoms with Crippen molar-refractivity contribution in [1.29, 1.82) is 0 Å². The molecule has 0 saturated heterocycles. The van der Waals surface area contributed by atoms with Gasteiger partial charge in [0.15, 0.2) is 0 Å². The minimum Gasteiger partial charge on any atom is -0.497 e. The highest BCUT2D eigenvalue weighted by Gasteiger charge is 2.09. The number of ether oxygens (including phenoxy) is 2. The van der Waals surface area contributed by atoms with Crippen LogP contribution in [0.1, 0.15) is 39.7 Å². The van der Waals surface area contributed by atoms with Gasteiger partial charge in [-0.25, -0.2) is 0 Å². The lowest BCUT2D eigenvalue weighted by Gasteiger charge is -2.18. The van der Waals surface area contributed by atoms with Gasteiger partial charge in [-0.3, -0.25) is 0 Å². The topological polar surface area (TPSA) is 30.5 Å². The van der Waals surface area contributed by atoms with Crippen LogP contribution in [-0.2, 0) is 6.54 Å². The smallest absolute Gasteiger partial charge is 0.127 e. The van der Waals surface area contributed by atoms with Gasteiger partial charge in [0.2, 0.25) is 0 Å². The summed E-state index contributed by atoms with van der Waals surface area (Å²) in [6, 6.07) is 6.03. The zero-order valence-corrected chi connectivity index (χ0v) is 12.8. The molecule has 108 valence electrons. The molecule has 1 aromatic carbocycles. The van der Waals surface area contributed by atoms with Gasteiger partial charge in [-0.2, -0.15) is 0 Å². The Morgan fingerprint density at radius 1 is 1.21 bits per heavy atom. The third-order valence-electron chi connectivity index (χ3n) is 3.05. The Hall–Kier alpha value is -1.22.